The molecule has 3 aromatic rings. The highest BCUT2D eigenvalue weighted by Crippen LogP contribution is 2.31. The van der Waals surface area contributed by atoms with E-state index in [0.717, 1.165) is 0 Å². The van der Waals surface area contributed by atoms with Crippen LogP contribution in [0.15, 0.2) is 48.7 Å². The number of fused-ring (bicyclic) bond motifs is 1. The summed E-state index contributed by atoms with van der Waals surface area (Å²) in [5.74, 6) is -0.189. The van der Waals surface area contributed by atoms with Crippen LogP contribution in [0.4, 0.5) is 10.2 Å². The zero-order valence-electron chi connectivity index (χ0n) is 15.4. The van der Waals surface area contributed by atoms with Gasteiger partial charge in [0.15, 0.2) is 0 Å². The Hall–Kier alpha value is -3.12. The zero-order chi connectivity index (χ0) is 20.4. The maximum absolute atomic E-state index is 13.9. The number of pyridine rings is 1. The summed E-state index contributed by atoms with van der Waals surface area (Å²) in [7, 11) is 0. The number of carboxylic acids is 1. The lowest BCUT2D eigenvalue weighted by Crippen LogP contribution is -2.09. The molecular formula is C22H18ClFN2O3. The third-order valence-corrected chi connectivity index (χ3v) is 5.12. The number of carboxylic acid groups (broad SMARTS) is 1. The summed E-state index contributed by atoms with van der Waals surface area (Å²) in [6.45, 7) is 0.722. The Morgan fingerprint density at radius 1 is 1.21 bits per heavy atom. The number of nitrogens with zero attached hydrogens (tertiary/aromatic N) is 1. The van der Waals surface area contributed by atoms with Crippen molar-refractivity contribution in [3.05, 3.63) is 87.3 Å². The van der Waals surface area contributed by atoms with Crippen LogP contribution in [0, 0.1) is 5.82 Å². The molecule has 0 unspecified atom stereocenters. The Balaban J connectivity index is 1.65. The summed E-state index contributed by atoms with van der Waals surface area (Å²) >= 11 is 6.16. The van der Waals surface area contributed by atoms with E-state index < -0.39 is 5.97 Å². The van der Waals surface area contributed by atoms with Gasteiger partial charge >= 0.3 is 5.97 Å². The molecule has 148 valence electrons. The molecule has 1 aliphatic heterocycles. The van der Waals surface area contributed by atoms with E-state index in [2.05, 4.69) is 10.3 Å². The normalized spacial score (nSPS) is 12.3. The number of ether oxygens (including phenoxy) is 1. The van der Waals surface area contributed by atoms with Crippen molar-refractivity contribution in [3.63, 3.8) is 0 Å². The van der Waals surface area contributed by atoms with Gasteiger partial charge in [-0.2, -0.15) is 0 Å². The van der Waals surface area contributed by atoms with Crippen molar-refractivity contribution >= 4 is 23.4 Å². The summed E-state index contributed by atoms with van der Waals surface area (Å²) in [5.41, 5.74) is 2.71. The van der Waals surface area contributed by atoms with Crippen LogP contribution >= 0.6 is 11.6 Å². The molecule has 0 saturated heterocycles. The van der Waals surface area contributed by atoms with E-state index in [1.54, 1.807) is 42.6 Å². The van der Waals surface area contributed by atoms with E-state index in [1.165, 1.54) is 6.07 Å². The van der Waals surface area contributed by atoms with Crippen LogP contribution in [0.3, 0.4) is 0 Å². The van der Waals surface area contributed by atoms with Gasteiger partial charge < -0.3 is 15.2 Å². The first-order valence-electron chi connectivity index (χ1n) is 9.15. The lowest BCUT2D eigenvalue weighted by atomic mass is 9.96. The molecule has 1 aromatic heterocycles. The van der Waals surface area contributed by atoms with Gasteiger partial charge in [-0.15, -0.1) is 0 Å². The minimum Gasteiger partial charge on any atom is -0.489 e. The molecule has 1 aliphatic rings. The molecule has 0 radical (unpaired) electrons. The number of aromatic nitrogens is 1. The van der Waals surface area contributed by atoms with Gasteiger partial charge in [0.1, 0.15) is 24.0 Å². The summed E-state index contributed by atoms with van der Waals surface area (Å²) < 4.78 is 19.7. The first-order valence-corrected chi connectivity index (χ1v) is 9.53. The van der Waals surface area contributed by atoms with Gasteiger partial charge in [-0.3, -0.25) is 0 Å². The Labute approximate surface area is 172 Å². The predicted molar refractivity (Wildman–Crippen MR) is 108 cm³/mol. The van der Waals surface area contributed by atoms with Crippen molar-refractivity contribution in [3.8, 4) is 5.75 Å². The van der Waals surface area contributed by atoms with Gasteiger partial charge in [0.2, 0.25) is 0 Å². The third-order valence-electron chi connectivity index (χ3n) is 4.88. The molecule has 29 heavy (non-hydrogen) atoms. The Kier molecular flexibility index (Phi) is 5.36. The minimum absolute atomic E-state index is 0.0550. The first kappa shape index (κ1) is 19.2. The summed E-state index contributed by atoms with van der Waals surface area (Å²) in [6, 6.07) is 11.5. The minimum atomic E-state index is -0.988. The van der Waals surface area contributed by atoms with E-state index in [4.69, 9.17) is 16.3 Å². The van der Waals surface area contributed by atoms with E-state index in [0.29, 0.717) is 51.8 Å². The van der Waals surface area contributed by atoms with E-state index in [1.807, 2.05) is 0 Å². The molecule has 4 rings (SSSR count). The number of halogens is 2. The summed E-state index contributed by atoms with van der Waals surface area (Å²) in [5, 5.41) is 13.4. The molecule has 2 aromatic carbocycles. The van der Waals surface area contributed by atoms with Gasteiger partial charge in [-0.25, -0.2) is 14.2 Å². The van der Waals surface area contributed by atoms with Gasteiger partial charge in [0.05, 0.1) is 5.56 Å². The highest BCUT2D eigenvalue weighted by molar-refractivity contribution is 6.30. The molecule has 2 N–H and O–H groups in total. The summed E-state index contributed by atoms with van der Waals surface area (Å²) in [4.78, 5) is 16.3. The second-order valence-electron chi connectivity index (χ2n) is 6.78. The van der Waals surface area contributed by atoms with Gasteiger partial charge in [0, 0.05) is 40.9 Å². The van der Waals surface area contributed by atoms with Gasteiger partial charge in [-0.05, 0) is 36.2 Å². The number of nitrogens with one attached hydrogen (secondary N) is 1. The Bertz CT molecular complexity index is 1090. The largest absolute Gasteiger partial charge is 0.489 e. The first-order chi connectivity index (χ1) is 14.0. The molecule has 0 aliphatic carbocycles. The highest BCUT2D eigenvalue weighted by atomic mass is 35.5. The van der Waals surface area contributed by atoms with Crippen LogP contribution in [-0.4, -0.2) is 22.6 Å². The SMILES string of the molecule is O=C(O)c1c(Cc2cc(Cl)ccc2OCc2ccccc2F)cnc2c1CCN2. The highest BCUT2D eigenvalue weighted by Gasteiger charge is 2.24. The smallest absolute Gasteiger partial charge is 0.336 e. The fraction of sp³-hybridized carbons (Fsp3) is 0.182. The van der Waals surface area contributed by atoms with Gasteiger partial charge in [-0.1, -0.05) is 29.8 Å². The molecule has 0 spiro atoms. The summed E-state index contributed by atoms with van der Waals surface area (Å²) in [6.07, 6.45) is 2.47. The van der Waals surface area contributed by atoms with Crippen molar-refractivity contribution in [1.29, 1.82) is 0 Å². The van der Waals surface area contributed by atoms with Crippen molar-refractivity contribution in [2.75, 3.05) is 11.9 Å². The number of anilines is 1. The van der Waals surface area contributed by atoms with E-state index in [-0.39, 0.29) is 24.4 Å². The van der Waals surface area contributed by atoms with Crippen LogP contribution in [0.1, 0.15) is 32.6 Å². The van der Waals surface area contributed by atoms with Crippen LogP contribution < -0.4 is 10.1 Å². The number of benzene rings is 2. The van der Waals surface area contributed by atoms with Crippen LogP contribution in [-0.2, 0) is 19.4 Å². The molecule has 5 nitrogen and oxygen atoms in total. The van der Waals surface area contributed by atoms with Crippen LogP contribution in [0.5, 0.6) is 5.75 Å². The topological polar surface area (TPSA) is 71.5 Å². The average Bonchev–Trinajstić information content (AvgIpc) is 3.16. The Morgan fingerprint density at radius 2 is 2.03 bits per heavy atom. The number of carbonyl (C=O) groups is 1. The monoisotopic (exact) mass is 412 g/mol. The maximum atomic E-state index is 13.9. The number of hydrogen-bond acceptors (Lipinski definition) is 4. The molecule has 0 atom stereocenters. The number of aromatic carboxylic acids is 1. The molecule has 0 bridgehead atoms. The second kappa shape index (κ2) is 8.09. The lowest BCUT2D eigenvalue weighted by molar-refractivity contribution is 0.0694. The predicted octanol–water partition coefficient (Wildman–Crippen LogP) is 4.71. The lowest BCUT2D eigenvalue weighted by Gasteiger charge is -2.15. The van der Waals surface area contributed by atoms with Crippen molar-refractivity contribution in [1.82, 2.24) is 4.98 Å². The van der Waals surface area contributed by atoms with E-state index in [9.17, 15) is 14.3 Å². The van der Waals surface area contributed by atoms with Crippen molar-refractivity contribution in [2.45, 2.75) is 19.4 Å². The van der Waals surface area contributed by atoms with Crippen LogP contribution in [0.2, 0.25) is 5.02 Å². The van der Waals surface area contributed by atoms with E-state index >= 15 is 0 Å². The fourth-order valence-corrected chi connectivity index (χ4v) is 3.70. The molecule has 7 heteroatoms. The zero-order valence-corrected chi connectivity index (χ0v) is 16.2. The molecule has 0 amide bonds. The average molecular weight is 413 g/mol. The number of hydrogen-bond donors (Lipinski definition) is 2. The standard InChI is InChI=1S/C22H18ClFN2O3/c23-16-5-6-19(29-12-13-3-1-2-4-18(13)24)14(10-16)9-15-11-26-21-17(7-8-25-21)20(15)22(27)28/h1-6,10-11H,7-9,12H2,(H,25,26)(H,27,28). The molecule has 2 heterocycles. The van der Waals surface area contributed by atoms with Crippen molar-refractivity contribution in [2.24, 2.45) is 0 Å². The quantitative estimate of drug-likeness (QED) is 0.613. The van der Waals surface area contributed by atoms with Crippen LogP contribution in [0.25, 0.3) is 0 Å². The van der Waals surface area contributed by atoms with Crippen molar-refractivity contribution < 1.29 is 19.0 Å². The fourth-order valence-electron chi connectivity index (χ4n) is 3.50. The second-order valence-corrected chi connectivity index (χ2v) is 7.21. The Morgan fingerprint density at radius 3 is 2.83 bits per heavy atom. The molecule has 0 saturated carbocycles. The third kappa shape index (κ3) is 4.03. The van der Waals surface area contributed by atoms with Gasteiger partial charge in [0.25, 0.3) is 0 Å². The molecular weight excluding hydrogens is 395 g/mol. The maximum Gasteiger partial charge on any atom is 0.336 e. The number of rotatable bonds is 6. The molecule has 0 fully saturated rings.